The van der Waals surface area contributed by atoms with E-state index in [2.05, 4.69) is 31.2 Å². The van der Waals surface area contributed by atoms with Crippen LogP contribution in [0.3, 0.4) is 0 Å². The number of nitrogens with two attached hydrogens (primary N) is 1. The Labute approximate surface area is 102 Å². The van der Waals surface area contributed by atoms with Gasteiger partial charge < -0.3 is 10.5 Å². The van der Waals surface area contributed by atoms with Gasteiger partial charge in [-0.1, -0.05) is 24.3 Å². The van der Waals surface area contributed by atoms with Crippen LogP contribution >= 0.6 is 0 Å². The first kappa shape index (κ1) is 11.5. The van der Waals surface area contributed by atoms with Crippen LogP contribution in [0.25, 0.3) is 11.1 Å². The van der Waals surface area contributed by atoms with Crippen LogP contribution in [0.2, 0.25) is 0 Å². The van der Waals surface area contributed by atoms with E-state index < -0.39 is 0 Å². The van der Waals surface area contributed by atoms with Crippen LogP contribution in [-0.4, -0.2) is 7.11 Å². The van der Waals surface area contributed by atoms with Gasteiger partial charge in [0.25, 0.3) is 0 Å². The summed E-state index contributed by atoms with van der Waals surface area (Å²) in [5.74, 6) is 0.867. The number of methoxy groups -OCH3 is 1. The van der Waals surface area contributed by atoms with Gasteiger partial charge in [-0.05, 0) is 48.2 Å². The molecule has 0 bridgehead atoms. The molecule has 0 fully saturated rings. The van der Waals surface area contributed by atoms with Crippen molar-refractivity contribution in [3.05, 3.63) is 47.5 Å². The molecular weight excluding hydrogens is 210 g/mol. The third-order valence-electron chi connectivity index (χ3n) is 3.13. The lowest BCUT2D eigenvalue weighted by Crippen LogP contribution is -1.95. The lowest BCUT2D eigenvalue weighted by molar-refractivity contribution is 0.415. The van der Waals surface area contributed by atoms with Gasteiger partial charge in [0.1, 0.15) is 5.75 Å². The summed E-state index contributed by atoms with van der Waals surface area (Å²) in [4.78, 5) is 0. The lowest BCUT2D eigenvalue weighted by atomic mass is 9.97. The van der Waals surface area contributed by atoms with Crippen molar-refractivity contribution in [2.24, 2.45) is 0 Å². The fraction of sp³-hybridized carbons (Fsp3) is 0.200. The van der Waals surface area contributed by atoms with Gasteiger partial charge in [0.15, 0.2) is 0 Å². The molecule has 0 aliphatic heterocycles. The molecule has 0 atom stereocenters. The Kier molecular flexibility index (Phi) is 3.05. The van der Waals surface area contributed by atoms with Crippen molar-refractivity contribution in [3.63, 3.8) is 0 Å². The minimum Gasteiger partial charge on any atom is -0.497 e. The van der Waals surface area contributed by atoms with E-state index in [9.17, 15) is 0 Å². The van der Waals surface area contributed by atoms with Gasteiger partial charge in [-0.3, -0.25) is 0 Å². The minimum absolute atomic E-state index is 0.867. The molecule has 88 valence electrons. The molecule has 0 aliphatic rings. The maximum atomic E-state index is 6.05. The van der Waals surface area contributed by atoms with Crippen LogP contribution in [0.4, 0.5) is 5.69 Å². The van der Waals surface area contributed by atoms with Crippen molar-refractivity contribution in [1.29, 1.82) is 0 Å². The maximum absolute atomic E-state index is 6.05. The summed E-state index contributed by atoms with van der Waals surface area (Å²) in [6, 6.07) is 12.2. The van der Waals surface area contributed by atoms with Crippen molar-refractivity contribution in [2.75, 3.05) is 12.8 Å². The third kappa shape index (κ3) is 2.11. The van der Waals surface area contributed by atoms with Crippen molar-refractivity contribution >= 4 is 5.69 Å². The average Bonchev–Trinajstić information content (AvgIpc) is 2.36. The molecule has 2 aromatic rings. The predicted molar refractivity (Wildman–Crippen MR) is 72.3 cm³/mol. The number of rotatable bonds is 2. The molecule has 2 aromatic carbocycles. The largest absolute Gasteiger partial charge is 0.497 e. The standard InChI is InChI=1S/C15H17NO/c1-10-4-9-14(11(2)15(10)16)12-5-7-13(17-3)8-6-12/h4-9H,16H2,1-3H3. The summed E-state index contributed by atoms with van der Waals surface area (Å²) in [6.45, 7) is 4.09. The van der Waals surface area contributed by atoms with Crippen LogP contribution < -0.4 is 10.5 Å². The van der Waals surface area contributed by atoms with E-state index in [0.29, 0.717) is 0 Å². The van der Waals surface area contributed by atoms with Crippen LogP contribution in [0, 0.1) is 13.8 Å². The number of hydrogen-bond donors (Lipinski definition) is 1. The molecule has 17 heavy (non-hydrogen) atoms. The zero-order valence-corrected chi connectivity index (χ0v) is 10.4. The Hall–Kier alpha value is -1.96. The molecule has 0 unspecified atom stereocenters. The molecule has 0 amide bonds. The zero-order chi connectivity index (χ0) is 12.4. The van der Waals surface area contributed by atoms with E-state index in [1.165, 1.54) is 5.56 Å². The molecule has 0 aromatic heterocycles. The highest BCUT2D eigenvalue weighted by atomic mass is 16.5. The normalized spacial score (nSPS) is 10.3. The monoisotopic (exact) mass is 227 g/mol. The summed E-state index contributed by atoms with van der Waals surface area (Å²) in [7, 11) is 1.67. The van der Waals surface area contributed by atoms with Crippen LogP contribution in [0.15, 0.2) is 36.4 Å². The second-order valence-corrected chi connectivity index (χ2v) is 4.20. The van der Waals surface area contributed by atoms with E-state index >= 15 is 0 Å². The SMILES string of the molecule is COc1ccc(-c2ccc(C)c(N)c2C)cc1. The molecular formula is C15H17NO. The number of nitrogen functional groups attached to an aromatic ring is 1. The Balaban J connectivity index is 2.49. The van der Waals surface area contributed by atoms with Gasteiger partial charge >= 0.3 is 0 Å². The number of aryl methyl sites for hydroxylation is 1. The molecule has 0 aliphatic carbocycles. The summed E-state index contributed by atoms with van der Waals surface area (Å²) in [6.07, 6.45) is 0. The molecule has 2 heteroatoms. The number of ether oxygens (including phenoxy) is 1. The topological polar surface area (TPSA) is 35.2 Å². The quantitative estimate of drug-likeness (QED) is 0.796. The smallest absolute Gasteiger partial charge is 0.118 e. The molecule has 2 N–H and O–H groups in total. The highest BCUT2D eigenvalue weighted by Gasteiger charge is 2.06. The highest BCUT2D eigenvalue weighted by Crippen LogP contribution is 2.30. The van der Waals surface area contributed by atoms with Crippen LogP contribution in [0.5, 0.6) is 5.75 Å². The maximum Gasteiger partial charge on any atom is 0.118 e. The van der Waals surface area contributed by atoms with Gasteiger partial charge in [0.2, 0.25) is 0 Å². The van der Waals surface area contributed by atoms with E-state index in [4.69, 9.17) is 10.5 Å². The number of anilines is 1. The van der Waals surface area contributed by atoms with Gasteiger partial charge in [-0.15, -0.1) is 0 Å². The lowest BCUT2D eigenvalue weighted by Gasteiger charge is -2.11. The minimum atomic E-state index is 0.867. The number of benzene rings is 2. The van der Waals surface area contributed by atoms with E-state index in [0.717, 1.165) is 28.1 Å². The number of hydrogen-bond acceptors (Lipinski definition) is 2. The molecule has 0 saturated carbocycles. The summed E-state index contributed by atoms with van der Waals surface area (Å²) < 4.78 is 5.15. The Bertz CT molecular complexity index is 529. The fourth-order valence-corrected chi connectivity index (χ4v) is 1.95. The van der Waals surface area contributed by atoms with Crippen LogP contribution in [0.1, 0.15) is 11.1 Å². The third-order valence-corrected chi connectivity index (χ3v) is 3.13. The Morgan fingerprint density at radius 2 is 1.59 bits per heavy atom. The average molecular weight is 227 g/mol. The highest BCUT2D eigenvalue weighted by molar-refractivity contribution is 5.74. The molecule has 0 heterocycles. The van der Waals surface area contributed by atoms with Crippen molar-refractivity contribution in [2.45, 2.75) is 13.8 Å². The van der Waals surface area contributed by atoms with E-state index in [-0.39, 0.29) is 0 Å². The van der Waals surface area contributed by atoms with Gasteiger partial charge in [-0.2, -0.15) is 0 Å². The first-order valence-electron chi connectivity index (χ1n) is 5.63. The first-order valence-corrected chi connectivity index (χ1v) is 5.63. The molecule has 0 saturated heterocycles. The van der Waals surface area contributed by atoms with E-state index in [1.807, 2.05) is 19.1 Å². The predicted octanol–water partition coefficient (Wildman–Crippen LogP) is 3.56. The van der Waals surface area contributed by atoms with Gasteiger partial charge in [0.05, 0.1) is 7.11 Å². The fourth-order valence-electron chi connectivity index (χ4n) is 1.95. The molecule has 2 rings (SSSR count). The molecule has 0 spiro atoms. The second-order valence-electron chi connectivity index (χ2n) is 4.20. The van der Waals surface area contributed by atoms with Crippen molar-refractivity contribution in [3.8, 4) is 16.9 Å². The van der Waals surface area contributed by atoms with Gasteiger partial charge in [-0.25, -0.2) is 0 Å². The van der Waals surface area contributed by atoms with Crippen LogP contribution in [-0.2, 0) is 0 Å². The zero-order valence-electron chi connectivity index (χ0n) is 10.4. The summed E-state index contributed by atoms with van der Waals surface area (Å²) in [5, 5.41) is 0. The van der Waals surface area contributed by atoms with E-state index in [1.54, 1.807) is 7.11 Å². The Morgan fingerprint density at radius 1 is 0.941 bits per heavy atom. The first-order chi connectivity index (χ1) is 8.13. The van der Waals surface area contributed by atoms with Crippen molar-refractivity contribution in [1.82, 2.24) is 0 Å². The summed E-state index contributed by atoms with van der Waals surface area (Å²) in [5.41, 5.74) is 11.5. The Morgan fingerprint density at radius 3 is 2.18 bits per heavy atom. The molecule has 0 radical (unpaired) electrons. The second kappa shape index (κ2) is 4.50. The summed E-state index contributed by atoms with van der Waals surface area (Å²) >= 11 is 0. The van der Waals surface area contributed by atoms with Crippen molar-refractivity contribution < 1.29 is 4.74 Å². The van der Waals surface area contributed by atoms with Gasteiger partial charge in [0, 0.05) is 5.69 Å². The molecule has 2 nitrogen and oxygen atoms in total.